The largest absolute Gasteiger partial charge is 0.537 e. The lowest BCUT2D eigenvalue weighted by molar-refractivity contribution is 0.0851. The first-order valence-corrected chi connectivity index (χ1v) is 17.1. The molecule has 0 aromatic heterocycles. The maximum atomic E-state index is 6.14. The molecule has 3 rings (SSSR count). The van der Waals surface area contributed by atoms with Crippen molar-refractivity contribution in [1.29, 1.82) is 0 Å². The Kier molecular flexibility index (Phi) is 10.7. The molecule has 0 atom stereocenters. The molecule has 1 aliphatic rings. The van der Waals surface area contributed by atoms with Crippen molar-refractivity contribution < 1.29 is 26.6 Å². The highest BCUT2D eigenvalue weighted by atomic mass is 32.2. The van der Waals surface area contributed by atoms with Crippen LogP contribution in [0.1, 0.15) is 41.5 Å². The van der Waals surface area contributed by atoms with Gasteiger partial charge in [0.2, 0.25) is 0 Å². The van der Waals surface area contributed by atoms with Gasteiger partial charge in [-0.15, -0.1) is 0 Å². The number of hydrogen-bond acceptors (Lipinski definition) is 8. The average Bonchev–Trinajstić information content (AvgIpc) is 2.83. The first kappa shape index (κ1) is 27.9. The quantitative estimate of drug-likeness (QED) is 0.270. The Hall–Kier alpha value is -0.666. The predicted octanol–water partition coefficient (Wildman–Crippen LogP) is 4.81. The van der Waals surface area contributed by atoms with Crippen LogP contribution in [0.25, 0.3) is 0 Å². The van der Waals surface area contributed by atoms with Crippen LogP contribution in [0.5, 0.6) is 0 Å². The van der Waals surface area contributed by atoms with Gasteiger partial charge in [0, 0.05) is 69.6 Å². The van der Waals surface area contributed by atoms with Crippen LogP contribution in [0.3, 0.4) is 0 Å². The van der Waals surface area contributed by atoms with Gasteiger partial charge < -0.3 is 26.6 Å². The molecule has 0 radical (unpaired) electrons. The van der Waals surface area contributed by atoms with Crippen LogP contribution in [0.4, 0.5) is 0 Å². The van der Waals surface area contributed by atoms with Crippen molar-refractivity contribution in [3.05, 3.63) is 36.4 Å². The van der Waals surface area contributed by atoms with Crippen LogP contribution in [-0.2, 0) is 26.6 Å². The molecule has 188 valence electrons. The number of rotatable bonds is 14. The molecule has 0 amide bonds. The van der Waals surface area contributed by atoms with Crippen molar-refractivity contribution in [2.24, 2.45) is 0 Å². The lowest BCUT2D eigenvalue weighted by Gasteiger charge is -2.30. The van der Waals surface area contributed by atoms with Crippen molar-refractivity contribution in [3.8, 4) is 0 Å². The van der Waals surface area contributed by atoms with E-state index in [2.05, 4.69) is 36.4 Å². The summed E-state index contributed by atoms with van der Waals surface area (Å²) in [5, 5.41) is 1.98. The Morgan fingerprint density at radius 2 is 0.765 bits per heavy atom. The summed E-state index contributed by atoms with van der Waals surface area (Å²) >= 11 is 3.51. The molecule has 2 aromatic carbocycles. The fourth-order valence-electron chi connectivity index (χ4n) is 3.85. The highest BCUT2D eigenvalue weighted by molar-refractivity contribution is 8.05. The molecule has 0 spiro atoms. The van der Waals surface area contributed by atoms with Gasteiger partial charge in [0.1, 0.15) is 0 Å². The Balaban J connectivity index is 1.99. The third kappa shape index (κ3) is 6.00. The summed E-state index contributed by atoms with van der Waals surface area (Å²) in [4.78, 5) is 4.76. The summed E-state index contributed by atoms with van der Waals surface area (Å²) in [6.45, 7) is 15.1. The van der Waals surface area contributed by atoms with Crippen molar-refractivity contribution >= 4 is 51.5 Å². The lowest BCUT2D eigenvalue weighted by atomic mass is 10.3. The molecule has 34 heavy (non-hydrogen) atoms. The Bertz CT molecular complexity index is 838. The van der Waals surface area contributed by atoms with E-state index in [4.69, 9.17) is 26.6 Å². The third-order valence-corrected chi connectivity index (χ3v) is 13.6. The van der Waals surface area contributed by atoms with Gasteiger partial charge in [0.25, 0.3) is 0 Å². The van der Waals surface area contributed by atoms with Crippen molar-refractivity contribution in [2.75, 3.05) is 39.6 Å². The van der Waals surface area contributed by atoms with E-state index in [1.54, 1.807) is 23.5 Å². The minimum absolute atomic E-state index is 0.538. The summed E-state index contributed by atoms with van der Waals surface area (Å²) in [6, 6.07) is 12.8. The van der Waals surface area contributed by atoms with Gasteiger partial charge in [0.15, 0.2) is 0 Å². The van der Waals surface area contributed by atoms with Gasteiger partial charge in [-0.3, -0.25) is 0 Å². The van der Waals surface area contributed by atoms with Crippen LogP contribution in [0.2, 0.25) is 0 Å². The van der Waals surface area contributed by atoms with Gasteiger partial charge in [-0.2, -0.15) is 0 Å². The molecule has 0 N–H and O–H groups in total. The fraction of sp³-hybridized carbons (Fsp3) is 0.500. The first-order valence-electron chi connectivity index (χ1n) is 12.0. The molecule has 0 bridgehead atoms. The summed E-state index contributed by atoms with van der Waals surface area (Å²) in [7, 11) is -5.94. The summed E-state index contributed by atoms with van der Waals surface area (Å²) in [6.07, 6.45) is 0. The van der Waals surface area contributed by atoms with E-state index in [1.165, 1.54) is 19.6 Å². The molecule has 6 nitrogen and oxygen atoms in total. The van der Waals surface area contributed by atoms with E-state index in [0.29, 0.717) is 39.6 Å². The minimum Gasteiger partial charge on any atom is -0.370 e. The zero-order valence-corrected chi connectivity index (χ0v) is 24.6. The summed E-state index contributed by atoms with van der Waals surface area (Å²) in [5.41, 5.74) is 0. The Morgan fingerprint density at radius 3 is 1.06 bits per heavy atom. The second-order valence-corrected chi connectivity index (χ2v) is 14.5. The molecular weight excluding hydrogens is 505 g/mol. The zero-order chi connectivity index (χ0) is 24.6. The van der Waals surface area contributed by atoms with E-state index in [0.717, 1.165) is 10.4 Å². The van der Waals surface area contributed by atoms with Crippen LogP contribution in [0, 0.1) is 0 Å². The second kappa shape index (κ2) is 13.0. The van der Waals surface area contributed by atoms with Crippen LogP contribution in [0.15, 0.2) is 56.0 Å². The summed E-state index contributed by atoms with van der Waals surface area (Å²) in [5.74, 6) is 0. The molecule has 0 aliphatic carbocycles. The van der Waals surface area contributed by atoms with Crippen molar-refractivity contribution in [3.63, 3.8) is 0 Å². The predicted molar refractivity (Wildman–Crippen MR) is 142 cm³/mol. The third-order valence-electron chi connectivity index (χ3n) is 5.04. The fourth-order valence-corrected chi connectivity index (χ4v) is 11.3. The normalized spacial score (nSPS) is 13.6. The molecule has 0 fully saturated rings. The number of benzene rings is 2. The van der Waals surface area contributed by atoms with E-state index >= 15 is 0 Å². The maximum Gasteiger partial charge on any atom is 0.537 e. The molecule has 2 aromatic rings. The van der Waals surface area contributed by atoms with Gasteiger partial charge >= 0.3 is 17.6 Å². The molecule has 0 saturated heterocycles. The highest BCUT2D eigenvalue weighted by Gasteiger charge is 2.45. The molecule has 1 aliphatic heterocycles. The standard InChI is InChI=1S/C24H36O6S2Si2/c1-7-25-33(26-8-2,27-9-3)19-13-15-21-23(17-19)32-24-18-20(14-16-22(24)31-21)34(28-10-4,29-11-5)30-12-6/h13-18H,7-12H2,1-6H3. The Morgan fingerprint density at radius 1 is 0.471 bits per heavy atom. The van der Waals surface area contributed by atoms with E-state index in [1.807, 2.05) is 41.5 Å². The van der Waals surface area contributed by atoms with Crippen LogP contribution >= 0.6 is 23.5 Å². The molecule has 0 saturated carbocycles. The van der Waals surface area contributed by atoms with Gasteiger partial charge in [-0.25, -0.2) is 0 Å². The smallest absolute Gasteiger partial charge is 0.370 e. The van der Waals surface area contributed by atoms with E-state index in [-0.39, 0.29) is 0 Å². The minimum atomic E-state index is -2.97. The van der Waals surface area contributed by atoms with Crippen LogP contribution < -0.4 is 10.4 Å². The average molecular weight is 541 g/mol. The maximum absolute atomic E-state index is 6.14. The number of fused-ring (bicyclic) bond motifs is 2. The molecular formula is C24H36O6S2Si2. The van der Waals surface area contributed by atoms with Crippen LogP contribution in [-0.4, -0.2) is 57.3 Å². The van der Waals surface area contributed by atoms with Gasteiger partial charge in [-0.1, -0.05) is 35.7 Å². The topological polar surface area (TPSA) is 55.4 Å². The lowest BCUT2D eigenvalue weighted by Crippen LogP contribution is -2.57. The first-order chi connectivity index (χ1) is 16.5. The SMILES string of the molecule is CCO[Si](OCC)(OCC)c1ccc2c(c1)Sc1cc([Si](OCC)(OCC)OCC)ccc1S2. The second-order valence-electron chi connectivity index (χ2n) is 7.24. The number of hydrogen-bond donors (Lipinski definition) is 0. The van der Waals surface area contributed by atoms with Crippen molar-refractivity contribution in [2.45, 2.75) is 61.1 Å². The molecule has 1 heterocycles. The van der Waals surface area contributed by atoms with Gasteiger partial charge in [-0.05, 0) is 65.8 Å². The van der Waals surface area contributed by atoms with Crippen molar-refractivity contribution in [1.82, 2.24) is 0 Å². The monoisotopic (exact) mass is 540 g/mol. The van der Waals surface area contributed by atoms with E-state index in [9.17, 15) is 0 Å². The highest BCUT2D eigenvalue weighted by Crippen LogP contribution is 2.48. The van der Waals surface area contributed by atoms with Gasteiger partial charge in [0.05, 0.1) is 0 Å². The van der Waals surface area contributed by atoms with E-state index < -0.39 is 17.6 Å². The zero-order valence-electron chi connectivity index (χ0n) is 21.0. The molecule has 0 unspecified atom stereocenters. The summed E-state index contributed by atoms with van der Waals surface area (Å²) < 4.78 is 36.8. The Labute approximate surface area is 214 Å². The molecule has 10 heteroatoms.